The van der Waals surface area contributed by atoms with Crippen molar-refractivity contribution in [1.29, 1.82) is 0 Å². The van der Waals surface area contributed by atoms with Gasteiger partial charge in [0.25, 0.3) is 12.9 Å². The SMILES string of the molecule is CC(C)CCCCCCCOC=O.CC(C)CCCCCCCOC=O. The number of hydrogen-bond donors (Lipinski definition) is 0. The smallest absolute Gasteiger partial charge is 0.293 e. The van der Waals surface area contributed by atoms with Crippen molar-refractivity contribution in [2.75, 3.05) is 13.2 Å². The first kappa shape index (κ1) is 27.2. The Labute approximate surface area is 162 Å². The lowest BCUT2D eigenvalue weighted by molar-refractivity contribution is -0.129. The molecule has 0 saturated heterocycles. The molecule has 0 aliphatic rings. The lowest BCUT2D eigenvalue weighted by Gasteiger charge is -2.03. The fourth-order valence-electron chi connectivity index (χ4n) is 2.63. The predicted octanol–water partition coefficient (Wildman–Crippen LogP) is 6.31. The van der Waals surface area contributed by atoms with E-state index in [1.54, 1.807) is 0 Å². The van der Waals surface area contributed by atoms with Crippen LogP contribution in [0.25, 0.3) is 0 Å². The van der Waals surface area contributed by atoms with Crippen LogP contribution >= 0.6 is 0 Å². The fourth-order valence-corrected chi connectivity index (χ4v) is 2.63. The molecule has 0 spiro atoms. The van der Waals surface area contributed by atoms with E-state index in [2.05, 4.69) is 37.2 Å². The van der Waals surface area contributed by atoms with Crippen molar-refractivity contribution in [2.45, 2.75) is 105 Å². The minimum atomic E-state index is 0.527. The van der Waals surface area contributed by atoms with Gasteiger partial charge in [0.2, 0.25) is 0 Å². The summed E-state index contributed by atoms with van der Waals surface area (Å²) in [6, 6.07) is 0. The van der Waals surface area contributed by atoms with Crippen molar-refractivity contribution in [2.24, 2.45) is 11.8 Å². The van der Waals surface area contributed by atoms with Crippen molar-refractivity contribution in [1.82, 2.24) is 0 Å². The molecule has 0 atom stereocenters. The Morgan fingerprint density at radius 1 is 0.538 bits per heavy atom. The molecule has 0 radical (unpaired) electrons. The van der Waals surface area contributed by atoms with Crippen LogP contribution in [0.15, 0.2) is 0 Å². The van der Waals surface area contributed by atoms with E-state index in [0.717, 1.165) is 24.7 Å². The quantitative estimate of drug-likeness (QED) is 0.209. The number of rotatable bonds is 18. The van der Waals surface area contributed by atoms with Crippen LogP contribution in [0.2, 0.25) is 0 Å². The number of unbranched alkanes of at least 4 members (excludes halogenated alkanes) is 8. The van der Waals surface area contributed by atoms with E-state index in [1.165, 1.54) is 64.2 Å². The van der Waals surface area contributed by atoms with Crippen LogP contribution in [0.4, 0.5) is 0 Å². The molecule has 0 heterocycles. The first-order chi connectivity index (χ1) is 12.5. The first-order valence-electron chi connectivity index (χ1n) is 10.6. The van der Waals surface area contributed by atoms with Gasteiger partial charge < -0.3 is 9.47 Å². The van der Waals surface area contributed by atoms with Gasteiger partial charge in [-0.05, 0) is 24.7 Å². The third-order valence-corrected chi connectivity index (χ3v) is 4.22. The molecule has 0 unspecified atom stereocenters. The zero-order chi connectivity index (χ0) is 19.9. The second-order valence-corrected chi connectivity index (χ2v) is 7.83. The topological polar surface area (TPSA) is 52.6 Å². The van der Waals surface area contributed by atoms with Gasteiger partial charge >= 0.3 is 0 Å². The lowest BCUT2D eigenvalue weighted by atomic mass is 10.0. The molecular weight excluding hydrogens is 328 g/mol. The Bertz CT molecular complexity index is 249. The molecule has 156 valence electrons. The molecule has 0 bridgehead atoms. The van der Waals surface area contributed by atoms with Gasteiger partial charge in [-0.2, -0.15) is 0 Å². The van der Waals surface area contributed by atoms with Gasteiger partial charge in [-0.25, -0.2) is 0 Å². The number of carbonyl (C=O) groups excluding carboxylic acids is 2. The van der Waals surface area contributed by atoms with E-state index in [9.17, 15) is 9.59 Å². The number of carbonyl (C=O) groups is 2. The predicted molar refractivity (Wildman–Crippen MR) is 109 cm³/mol. The van der Waals surface area contributed by atoms with E-state index in [0.29, 0.717) is 26.2 Å². The maximum Gasteiger partial charge on any atom is 0.293 e. The molecule has 0 N–H and O–H groups in total. The normalized spacial score (nSPS) is 10.4. The minimum Gasteiger partial charge on any atom is -0.468 e. The molecule has 4 nitrogen and oxygen atoms in total. The average Bonchev–Trinajstić information content (AvgIpc) is 2.60. The minimum absolute atomic E-state index is 0.527. The van der Waals surface area contributed by atoms with E-state index < -0.39 is 0 Å². The largest absolute Gasteiger partial charge is 0.468 e. The third kappa shape index (κ3) is 30.8. The van der Waals surface area contributed by atoms with E-state index in [1.807, 2.05) is 0 Å². The molecule has 0 rings (SSSR count). The molecule has 26 heavy (non-hydrogen) atoms. The zero-order valence-corrected chi connectivity index (χ0v) is 17.8. The summed E-state index contributed by atoms with van der Waals surface area (Å²) in [6.45, 7) is 11.3. The van der Waals surface area contributed by atoms with Crippen molar-refractivity contribution >= 4 is 12.9 Å². The summed E-state index contributed by atoms with van der Waals surface area (Å²) in [5.41, 5.74) is 0. The van der Waals surface area contributed by atoms with Crippen molar-refractivity contribution in [3.05, 3.63) is 0 Å². The fraction of sp³-hybridized carbons (Fsp3) is 0.909. The molecule has 0 saturated carbocycles. The van der Waals surface area contributed by atoms with Crippen LogP contribution in [0, 0.1) is 11.8 Å². The van der Waals surface area contributed by atoms with Crippen LogP contribution < -0.4 is 0 Å². The molecular formula is C22H44O4. The number of ether oxygens (including phenoxy) is 2. The maximum absolute atomic E-state index is 9.79. The molecule has 0 aromatic rings. The van der Waals surface area contributed by atoms with Gasteiger partial charge in [-0.1, -0.05) is 91.9 Å². The molecule has 0 aliphatic heterocycles. The summed E-state index contributed by atoms with van der Waals surface area (Å²) in [5.74, 6) is 1.66. The van der Waals surface area contributed by atoms with Crippen molar-refractivity contribution < 1.29 is 19.1 Å². The van der Waals surface area contributed by atoms with Crippen LogP contribution in [-0.4, -0.2) is 26.2 Å². The molecule has 0 aromatic carbocycles. The Morgan fingerprint density at radius 3 is 1.15 bits per heavy atom. The second-order valence-electron chi connectivity index (χ2n) is 7.83. The summed E-state index contributed by atoms with van der Waals surface area (Å²) >= 11 is 0. The lowest BCUT2D eigenvalue weighted by Crippen LogP contribution is -1.92. The van der Waals surface area contributed by atoms with Crippen molar-refractivity contribution in [3.8, 4) is 0 Å². The molecule has 0 aliphatic carbocycles. The van der Waals surface area contributed by atoms with E-state index in [4.69, 9.17) is 0 Å². The number of hydrogen-bond acceptors (Lipinski definition) is 4. The third-order valence-electron chi connectivity index (χ3n) is 4.22. The van der Waals surface area contributed by atoms with Gasteiger partial charge in [0.05, 0.1) is 13.2 Å². The Hall–Kier alpha value is -1.06. The van der Waals surface area contributed by atoms with E-state index >= 15 is 0 Å². The molecule has 0 fully saturated rings. The highest BCUT2D eigenvalue weighted by atomic mass is 16.5. The Morgan fingerprint density at radius 2 is 0.846 bits per heavy atom. The molecule has 0 amide bonds. The highest BCUT2D eigenvalue weighted by molar-refractivity contribution is 5.36. The van der Waals surface area contributed by atoms with Crippen LogP contribution in [0.5, 0.6) is 0 Å². The van der Waals surface area contributed by atoms with Gasteiger partial charge in [0.1, 0.15) is 0 Å². The summed E-state index contributed by atoms with van der Waals surface area (Å²) in [4.78, 5) is 19.6. The average molecular weight is 373 g/mol. The highest BCUT2D eigenvalue weighted by Crippen LogP contribution is 2.11. The van der Waals surface area contributed by atoms with Crippen molar-refractivity contribution in [3.63, 3.8) is 0 Å². The molecule has 0 aromatic heterocycles. The van der Waals surface area contributed by atoms with Crippen LogP contribution in [-0.2, 0) is 19.1 Å². The Kier molecular flexibility index (Phi) is 25.0. The van der Waals surface area contributed by atoms with Gasteiger partial charge in [0, 0.05) is 0 Å². The standard InChI is InChI=1S/2C11H22O2/c2*1-11(2)8-6-4-3-5-7-9-13-10-12/h2*10-11H,3-9H2,1-2H3. The van der Waals surface area contributed by atoms with Gasteiger partial charge in [-0.3, -0.25) is 9.59 Å². The summed E-state index contributed by atoms with van der Waals surface area (Å²) in [7, 11) is 0. The second kappa shape index (κ2) is 23.9. The summed E-state index contributed by atoms with van der Waals surface area (Å²) in [6.07, 6.45) is 14.9. The highest BCUT2D eigenvalue weighted by Gasteiger charge is 1.95. The van der Waals surface area contributed by atoms with E-state index in [-0.39, 0.29) is 0 Å². The summed E-state index contributed by atoms with van der Waals surface area (Å²) < 4.78 is 9.20. The molecule has 4 heteroatoms. The van der Waals surface area contributed by atoms with Gasteiger partial charge in [-0.15, -0.1) is 0 Å². The Balaban J connectivity index is 0. The summed E-state index contributed by atoms with van der Waals surface area (Å²) in [5, 5.41) is 0. The zero-order valence-electron chi connectivity index (χ0n) is 17.8. The van der Waals surface area contributed by atoms with Crippen LogP contribution in [0.1, 0.15) is 105 Å². The maximum atomic E-state index is 9.79. The van der Waals surface area contributed by atoms with Gasteiger partial charge in [0.15, 0.2) is 0 Å². The van der Waals surface area contributed by atoms with Crippen LogP contribution in [0.3, 0.4) is 0 Å². The monoisotopic (exact) mass is 372 g/mol. The first-order valence-corrected chi connectivity index (χ1v) is 10.6.